The number of phenolic OH excluding ortho intramolecular Hbond substituents is 1. The van der Waals surface area contributed by atoms with E-state index in [1.807, 2.05) is 0 Å². The van der Waals surface area contributed by atoms with Gasteiger partial charge >= 0.3 is 0 Å². The molecule has 1 aliphatic heterocycles. The lowest BCUT2D eigenvalue weighted by Gasteiger charge is -2.23. The predicted octanol–water partition coefficient (Wildman–Crippen LogP) is 1.98. The van der Waals surface area contributed by atoms with E-state index in [1.54, 1.807) is 36.7 Å². The number of ether oxygens (including phenoxy) is 1. The molecule has 1 saturated heterocycles. The van der Waals surface area contributed by atoms with Crippen LogP contribution in [-0.2, 0) is 0 Å². The molecule has 1 atom stereocenters. The summed E-state index contributed by atoms with van der Waals surface area (Å²) in [6.07, 6.45) is 5.80. The molecule has 0 aliphatic carbocycles. The quantitative estimate of drug-likeness (QED) is 0.893. The minimum atomic E-state index is 0.201. The van der Waals surface area contributed by atoms with Gasteiger partial charge in [-0.1, -0.05) is 0 Å². The van der Waals surface area contributed by atoms with Crippen molar-refractivity contribution >= 4 is 0 Å². The highest BCUT2D eigenvalue weighted by Gasteiger charge is 2.14. The number of aromatic nitrogens is 2. The van der Waals surface area contributed by atoms with Crippen molar-refractivity contribution in [1.82, 2.24) is 15.3 Å². The van der Waals surface area contributed by atoms with Crippen LogP contribution in [-0.4, -0.2) is 34.3 Å². The molecule has 3 rings (SSSR count). The third kappa shape index (κ3) is 3.05. The van der Waals surface area contributed by atoms with Crippen molar-refractivity contribution in [2.24, 2.45) is 0 Å². The summed E-state index contributed by atoms with van der Waals surface area (Å²) in [6.45, 7) is 1.94. The Labute approximate surface area is 117 Å². The molecule has 5 heteroatoms. The lowest BCUT2D eigenvalue weighted by Crippen LogP contribution is -2.37. The summed E-state index contributed by atoms with van der Waals surface area (Å²) in [5.41, 5.74) is 0.869. The fourth-order valence-electron chi connectivity index (χ4n) is 2.25. The maximum absolute atomic E-state index is 9.26. The number of nitrogens with zero attached hydrogens (tertiary/aromatic N) is 2. The van der Waals surface area contributed by atoms with E-state index in [9.17, 15) is 5.11 Å². The Morgan fingerprint density at radius 3 is 2.55 bits per heavy atom. The second-order valence-corrected chi connectivity index (χ2v) is 4.88. The number of hydrogen-bond donors (Lipinski definition) is 2. The third-order valence-corrected chi connectivity index (χ3v) is 3.31. The van der Waals surface area contributed by atoms with Gasteiger partial charge in [0.2, 0.25) is 0 Å². The van der Waals surface area contributed by atoms with Crippen molar-refractivity contribution in [2.45, 2.75) is 18.9 Å². The molecule has 5 nitrogen and oxygen atoms in total. The number of rotatable bonds is 3. The van der Waals surface area contributed by atoms with E-state index in [0.29, 0.717) is 11.6 Å². The Balaban J connectivity index is 1.69. The molecule has 2 aromatic rings. The lowest BCUT2D eigenvalue weighted by atomic mass is 10.1. The summed E-state index contributed by atoms with van der Waals surface area (Å²) in [6, 6.07) is 6.82. The zero-order valence-electron chi connectivity index (χ0n) is 11.1. The van der Waals surface area contributed by atoms with Gasteiger partial charge in [0.05, 0.1) is 12.4 Å². The SMILES string of the molecule is Oc1ccc(-c2ncc(OC3CCCNC3)cn2)cc1. The van der Waals surface area contributed by atoms with Crippen LogP contribution >= 0.6 is 0 Å². The molecule has 0 bridgehead atoms. The van der Waals surface area contributed by atoms with Gasteiger partial charge in [-0.2, -0.15) is 0 Å². The van der Waals surface area contributed by atoms with Gasteiger partial charge in [-0.25, -0.2) is 9.97 Å². The van der Waals surface area contributed by atoms with E-state index in [-0.39, 0.29) is 11.9 Å². The molecule has 1 aliphatic rings. The van der Waals surface area contributed by atoms with Crippen molar-refractivity contribution in [3.05, 3.63) is 36.7 Å². The van der Waals surface area contributed by atoms with E-state index in [1.165, 1.54) is 0 Å². The molecule has 1 fully saturated rings. The summed E-state index contributed by atoms with van der Waals surface area (Å²) in [5.74, 6) is 1.55. The van der Waals surface area contributed by atoms with Gasteiger partial charge in [0.15, 0.2) is 11.6 Å². The van der Waals surface area contributed by atoms with Crippen LogP contribution in [0.1, 0.15) is 12.8 Å². The van der Waals surface area contributed by atoms with Crippen LogP contribution in [0.25, 0.3) is 11.4 Å². The molecule has 0 saturated carbocycles. The third-order valence-electron chi connectivity index (χ3n) is 3.31. The van der Waals surface area contributed by atoms with Crippen molar-refractivity contribution in [3.8, 4) is 22.9 Å². The maximum Gasteiger partial charge on any atom is 0.159 e. The average Bonchev–Trinajstić information content (AvgIpc) is 2.50. The van der Waals surface area contributed by atoms with Gasteiger partial charge in [0.25, 0.3) is 0 Å². The van der Waals surface area contributed by atoms with E-state index < -0.39 is 0 Å². The monoisotopic (exact) mass is 271 g/mol. The van der Waals surface area contributed by atoms with Crippen LogP contribution in [0.3, 0.4) is 0 Å². The Kier molecular flexibility index (Phi) is 3.78. The van der Waals surface area contributed by atoms with E-state index in [4.69, 9.17) is 4.74 Å². The summed E-state index contributed by atoms with van der Waals surface area (Å²) >= 11 is 0. The van der Waals surface area contributed by atoms with E-state index >= 15 is 0 Å². The largest absolute Gasteiger partial charge is 0.508 e. The van der Waals surface area contributed by atoms with Crippen LogP contribution in [0, 0.1) is 0 Å². The molecule has 2 N–H and O–H groups in total. The summed E-state index contributed by atoms with van der Waals surface area (Å²) in [5, 5.41) is 12.6. The highest BCUT2D eigenvalue weighted by molar-refractivity contribution is 5.55. The summed E-state index contributed by atoms with van der Waals surface area (Å²) in [7, 11) is 0. The highest BCUT2D eigenvalue weighted by Crippen LogP contribution is 2.20. The van der Waals surface area contributed by atoms with Crippen molar-refractivity contribution in [1.29, 1.82) is 0 Å². The van der Waals surface area contributed by atoms with Crippen LogP contribution in [0.15, 0.2) is 36.7 Å². The first-order valence-corrected chi connectivity index (χ1v) is 6.80. The molecule has 1 unspecified atom stereocenters. The summed E-state index contributed by atoms with van der Waals surface area (Å²) < 4.78 is 5.84. The molecule has 0 spiro atoms. The Bertz CT molecular complexity index is 548. The van der Waals surface area contributed by atoms with Gasteiger partial charge in [-0.15, -0.1) is 0 Å². The van der Waals surface area contributed by atoms with Gasteiger partial charge in [0, 0.05) is 12.1 Å². The van der Waals surface area contributed by atoms with Crippen molar-refractivity contribution in [3.63, 3.8) is 0 Å². The number of phenols is 1. The summed E-state index contributed by atoms with van der Waals surface area (Å²) in [4.78, 5) is 8.61. The fraction of sp³-hybridized carbons (Fsp3) is 0.333. The molecular weight excluding hydrogens is 254 g/mol. The molecule has 1 aromatic heterocycles. The number of nitrogens with one attached hydrogen (secondary N) is 1. The second-order valence-electron chi connectivity index (χ2n) is 4.88. The number of benzene rings is 1. The Morgan fingerprint density at radius 2 is 1.90 bits per heavy atom. The van der Waals surface area contributed by atoms with Crippen LogP contribution < -0.4 is 10.1 Å². The zero-order valence-corrected chi connectivity index (χ0v) is 11.1. The van der Waals surface area contributed by atoms with Crippen LogP contribution in [0.4, 0.5) is 0 Å². The number of aromatic hydroxyl groups is 1. The van der Waals surface area contributed by atoms with E-state index in [2.05, 4.69) is 15.3 Å². The molecular formula is C15H17N3O2. The molecule has 2 heterocycles. The van der Waals surface area contributed by atoms with Gasteiger partial charge in [-0.3, -0.25) is 0 Å². The highest BCUT2D eigenvalue weighted by atomic mass is 16.5. The van der Waals surface area contributed by atoms with Crippen molar-refractivity contribution in [2.75, 3.05) is 13.1 Å². The van der Waals surface area contributed by atoms with Crippen LogP contribution in [0.2, 0.25) is 0 Å². The van der Waals surface area contributed by atoms with Gasteiger partial charge in [0.1, 0.15) is 11.9 Å². The van der Waals surface area contributed by atoms with Crippen LogP contribution in [0.5, 0.6) is 11.5 Å². The second kappa shape index (κ2) is 5.88. The predicted molar refractivity (Wildman–Crippen MR) is 75.7 cm³/mol. The normalized spacial score (nSPS) is 18.7. The molecule has 0 amide bonds. The Morgan fingerprint density at radius 1 is 1.15 bits per heavy atom. The topological polar surface area (TPSA) is 67.3 Å². The first-order chi connectivity index (χ1) is 9.81. The standard InChI is InChI=1S/C15H17N3O2/c19-12-5-3-11(4-6-12)15-17-9-14(10-18-15)20-13-2-1-7-16-8-13/h3-6,9-10,13,16,19H,1-2,7-8H2. The average molecular weight is 271 g/mol. The number of hydrogen-bond acceptors (Lipinski definition) is 5. The first kappa shape index (κ1) is 12.9. The Hall–Kier alpha value is -2.14. The fourth-order valence-corrected chi connectivity index (χ4v) is 2.25. The van der Waals surface area contributed by atoms with Gasteiger partial charge < -0.3 is 15.2 Å². The molecule has 104 valence electrons. The maximum atomic E-state index is 9.26. The van der Waals surface area contributed by atoms with Crippen molar-refractivity contribution < 1.29 is 9.84 Å². The minimum Gasteiger partial charge on any atom is -0.508 e. The van der Waals surface area contributed by atoms with E-state index in [0.717, 1.165) is 31.5 Å². The zero-order chi connectivity index (χ0) is 13.8. The minimum absolute atomic E-state index is 0.201. The molecule has 0 radical (unpaired) electrons. The molecule has 20 heavy (non-hydrogen) atoms. The number of piperidine rings is 1. The van der Waals surface area contributed by atoms with Gasteiger partial charge in [-0.05, 0) is 43.7 Å². The first-order valence-electron chi connectivity index (χ1n) is 6.80. The lowest BCUT2D eigenvalue weighted by molar-refractivity contribution is 0.166. The smallest absolute Gasteiger partial charge is 0.159 e. The molecule has 1 aromatic carbocycles.